The fourth-order valence-corrected chi connectivity index (χ4v) is 1.83. The molecule has 0 aliphatic rings. The monoisotopic (exact) mass is 238 g/mol. The van der Waals surface area contributed by atoms with E-state index in [9.17, 15) is 0 Å². The van der Waals surface area contributed by atoms with Crippen LogP contribution in [0.5, 0.6) is 0 Å². The molecule has 15 heavy (non-hydrogen) atoms. The number of rotatable bonds is 1. The number of nitrogen functional groups attached to an aromatic ring is 1. The first kappa shape index (κ1) is 10.3. The van der Waals surface area contributed by atoms with E-state index in [1.807, 2.05) is 0 Å². The first-order valence-corrected chi connectivity index (χ1v) is 5.09. The number of benzene rings is 1. The van der Waals surface area contributed by atoms with Gasteiger partial charge in [-0.25, -0.2) is 0 Å². The van der Waals surface area contributed by atoms with E-state index in [4.69, 9.17) is 28.9 Å². The van der Waals surface area contributed by atoms with E-state index >= 15 is 0 Å². The summed E-state index contributed by atoms with van der Waals surface area (Å²) in [7, 11) is 0. The molecule has 2 N–H and O–H groups in total. The van der Waals surface area contributed by atoms with Crippen molar-refractivity contribution < 1.29 is 0 Å². The average Bonchev–Trinajstić information content (AvgIpc) is 2.16. The van der Waals surface area contributed by atoms with Gasteiger partial charge in [-0.05, 0) is 30.3 Å². The zero-order valence-electron chi connectivity index (χ0n) is 7.74. The molecule has 76 valence electrons. The number of nitrogens with zero attached hydrogens (tertiary/aromatic N) is 1. The molecule has 1 aromatic heterocycles. The molecule has 0 bridgehead atoms. The molecule has 0 unspecified atom stereocenters. The third-order valence-electron chi connectivity index (χ3n) is 1.94. The van der Waals surface area contributed by atoms with Crippen molar-refractivity contribution in [1.29, 1.82) is 0 Å². The van der Waals surface area contributed by atoms with Crippen molar-refractivity contribution in [3.8, 4) is 11.3 Å². The molecule has 0 saturated heterocycles. The molecule has 0 saturated carbocycles. The van der Waals surface area contributed by atoms with Gasteiger partial charge in [0.15, 0.2) is 0 Å². The van der Waals surface area contributed by atoms with Gasteiger partial charge in [-0.3, -0.25) is 4.98 Å². The maximum absolute atomic E-state index is 5.90. The highest BCUT2D eigenvalue weighted by Crippen LogP contribution is 2.26. The van der Waals surface area contributed by atoms with E-state index < -0.39 is 0 Å². The average molecular weight is 239 g/mol. The van der Waals surface area contributed by atoms with Gasteiger partial charge in [0.1, 0.15) is 0 Å². The summed E-state index contributed by atoms with van der Waals surface area (Å²) in [5.41, 5.74) is 7.95. The second-order valence-electron chi connectivity index (χ2n) is 3.13. The van der Waals surface area contributed by atoms with E-state index in [2.05, 4.69) is 4.98 Å². The van der Waals surface area contributed by atoms with Crippen LogP contribution in [0.25, 0.3) is 11.3 Å². The van der Waals surface area contributed by atoms with Crippen LogP contribution in [0.3, 0.4) is 0 Å². The molecular formula is C11H8Cl2N2. The van der Waals surface area contributed by atoms with E-state index in [0.29, 0.717) is 15.7 Å². The Morgan fingerprint density at radius 3 is 2.27 bits per heavy atom. The summed E-state index contributed by atoms with van der Waals surface area (Å²) >= 11 is 11.8. The molecule has 0 aliphatic heterocycles. The number of pyridine rings is 1. The van der Waals surface area contributed by atoms with Crippen LogP contribution in [0, 0.1) is 0 Å². The lowest BCUT2D eigenvalue weighted by Crippen LogP contribution is -1.88. The van der Waals surface area contributed by atoms with Gasteiger partial charge in [-0.15, -0.1) is 0 Å². The van der Waals surface area contributed by atoms with E-state index in [0.717, 1.165) is 11.3 Å². The van der Waals surface area contributed by atoms with Crippen molar-refractivity contribution in [3.05, 3.63) is 46.6 Å². The van der Waals surface area contributed by atoms with Crippen molar-refractivity contribution in [3.63, 3.8) is 0 Å². The Labute approximate surface area is 97.7 Å². The summed E-state index contributed by atoms with van der Waals surface area (Å²) in [5, 5.41) is 1.17. The Kier molecular flexibility index (Phi) is 2.80. The lowest BCUT2D eigenvalue weighted by molar-refractivity contribution is 1.33. The van der Waals surface area contributed by atoms with Crippen LogP contribution < -0.4 is 5.73 Å². The summed E-state index contributed by atoms with van der Waals surface area (Å²) in [4.78, 5) is 4.19. The van der Waals surface area contributed by atoms with Gasteiger partial charge >= 0.3 is 0 Å². The molecule has 1 heterocycles. The normalized spacial score (nSPS) is 10.3. The minimum absolute atomic E-state index is 0.585. The Bertz CT molecular complexity index is 477. The van der Waals surface area contributed by atoms with Gasteiger partial charge in [-0.1, -0.05) is 23.2 Å². The molecule has 4 heteroatoms. The lowest BCUT2D eigenvalue weighted by atomic mass is 10.1. The molecule has 0 amide bonds. The molecule has 2 nitrogen and oxygen atoms in total. The number of halogens is 2. The highest BCUT2D eigenvalue weighted by Gasteiger charge is 2.02. The van der Waals surface area contributed by atoms with Gasteiger partial charge < -0.3 is 5.73 Å². The summed E-state index contributed by atoms with van der Waals surface area (Å²) < 4.78 is 0. The number of nitrogens with two attached hydrogens (primary N) is 1. The third kappa shape index (κ3) is 2.41. The van der Waals surface area contributed by atoms with Crippen LogP contribution >= 0.6 is 23.2 Å². The SMILES string of the molecule is Nc1ccnc(-c2cc(Cl)cc(Cl)c2)c1. The lowest BCUT2D eigenvalue weighted by Gasteiger charge is -2.03. The molecule has 0 aliphatic carbocycles. The predicted octanol–water partition coefficient (Wildman–Crippen LogP) is 3.64. The highest BCUT2D eigenvalue weighted by atomic mass is 35.5. The van der Waals surface area contributed by atoms with E-state index in [1.54, 1.807) is 36.5 Å². The van der Waals surface area contributed by atoms with Crippen LogP contribution in [0.4, 0.5) is 5.69 Å². The summed E-state index contributed by atoms with van der Waals surface area (Å²) in [6.45, 7) is 0. The molecule has 0 atom stereocenters. The Morgan fingerprint density at radius 1 is 1.00 bits per heavy atom. The Morgan fingerprint density at radius 2 is 1.67 bits per heavy atom. The second kappa shape index (κ2) is 4.09. The summed E-state index contributed by atoms with van der Waals surface area (Å²) in [6.07, 6.45) is 1.65. The number of anilines is 1. The standard InChI is InChI=1S/C11H8Cl2N2/c12-8-3-7(4-9(13)5-8)11-6-10(14)1-2-15-11/h1-6H,(H2,14,15). The van der Waals surface area contributed by atoms with E-state index in [1.165, 1.54) is 0 Å². The van der Waals surface area contributed by atoms with Gasteiger partial charge in [0.2, 0.25) is 0 Å². The number of hydrogen-bond acceptors (Lipinski definition) is 2. The fourth-order valence-electron chi connectivity index (χ4n) is 1.31. The Balaban J connectivity index is 2.54. The van der Waals surface area contributed by atoms with Crippen molar-refractivity contribution >= 4 is 28.9 Å². The maximum atomic E-state index is 5.90. The smallest absolute Gasteiger partial charge is 0.0723 e. The highest BCUT2D eigenvalue weighted by molar-refractivity contribution is 6.35. The van der Waals surface area contributed by atoms with Gasteiger partial charge in [-0.2, -0.15) is 0 Å². The number of hydrogen-bond donors (Lipinski definition) is 1. The molecule has 0 radical (unpaired) electrons. The first-order valence-electron chi connectivity index (χ1n) is 4.33. The number of aromatic nitrogens is 1. The van der Waals surface area contributed by atoms with Crippen LogP contribution in [0.15, 0.2) is 36.5 Å². The van der Waals surface area contributed by atoms with Crippen molar-refractivity contribution in [2.24, 2.45) is 0 Å². The largest absolute Gasteiger partial charge is 0.399 e. The molecule has 1 aromatic carbocycles. The van der Waals surface area contributed by atoms with Gasteiger partial charge in [0, 0.05) is 27.5 Å². The molecule has 0 spiro atoms. The maximum Gasteiger partial charge on any atom is 0.0723 e. The second-order valence-corrected chi connectivity index (χ2v) is 4.01. The fraction of sp³-hybridized carbons (Fsp3) is 0. The van der Waals surface area contributed by atoms with Crippen molar-refractivity contribution in [2.75, 3.05) is 5.73 Å². The zero-order valence-corrected chi connectivity index (χ0v) is 9.26. The zero-order chi connectivity index (χ0) is 10.8. The molecule has 2 rings (SSSR count). The minimum atomic E-state index is 0.585. The molecular weight excluding hydrogens is 231 g/mol. The van der Waals surface area contributed by atoms with Gasteiger partial charge in [0.05, 0.1) is 5.69 Å². The van der Waals surface area contributed by atoms with Gasteiger partial charge in [0.25, 0.3) is 0 Å². The first-order chi connectivity index (χ1) is 7.15. The summed E-state index contributed by atoms with van der Waals surface area (Å²) in [6, 6.07) is 8.79. The third-order valence-corrected chi connectivity index (χ3v) is 2.38. The topological polar surface area (TPSA) is 38.9 Å². The molecule has 2 aromatic rings. The van der Waals surface area contributed by atoms with Crippen molar-refractivity contribution in [1.82, 2.24) is 4.98 Å². The Hall–Kier alpha value is -1.25. The molecule has 0 fully saturated rings. The minimum Gasteiger partial charge on any atom is -0.399 e. The van der Waals surface area contributed by atoms with Crippen LogP contribution in [0.2, 0.25) is 10.0 Å². The summed E-state index contributed by atoms with van der Waals surface area (Å²) in [5.74, 6) is 0. The predicted molar refractivity (Wildman–Crippen MR) is 64.1 cm³/mol. The van der Waals surface area contributed by atoms with E-state index in [-0.39, 0.29) is 0 Å². The van der Waals surface area contributed by atoms with Crippen LogP contribution in [-0.4, -0.2) is 4.98 Å². The quantitative estimate of drug-likeness (QED) is 0.825. The van der Waals surface area contributed by atoms with Crippen LogP contribution in [0.1, 0.15) is 0 Å². The van der Waals surface area contributed by atoms with Crippen molar-refractivity contribution in [2.45, 2.75) is 0 Å². The van der Waals surface area contributed by atoms with Crippen LogP contribution in [-0.2, 0) is 0 Å².